The lowest BCUT2D eigenvalue weighted by molar-refractivity contribution is -0.421. The van der Waals surface area contributed by atoms with Gasteiger partial charge in [-0.1, -0.05) is 0 Å². The third-order valence-corrected chi connectivity index (χ3v) is 3.78. The van der Waals surface area contributed by atoms with Crippen LogP contribution in [0, 0.1) is 0 Å². The van der Waals surface area contributed by atoms with Crippen molar-refractivity contribution in [3.63, 3.8) is 0 Å². The van der Waals surface area contributed by atoms with Gasteiger partial charge in [-0.25, -0.2) is 4.39 Å². The van der Waals surface area contributed by atoms with Crippen molar-refractivity contribution < 1.29 is 61.5 Å². The highest BCUT2D eigenvalue weighted by molar-refractivity contribution is 14.1. The number of alkyl halides is 16. The molecular weight excluding hydrogens is 604 g/mol. The first kappa shape index (κ1) is 23.5. The Morgan fingerprint density at radius 3 is 0.870 bits per heavy atom. The first-order valence-electron chi connectivity index (χ1n) is 4.52. The van der Waals surface area contributed by atoms with Crippen LogP contribution >= 0.6 is 45.2 Å². The smallest absolute Gasteiger partial charge is 0.219 e. The molecule has 0 aliphatic heterocycles. The van der Waals surface area contributed by atoms with E-state index in [-0.39, 0.29) is 0 Å². The summed E-state index contributed by atoms with van der Waals surface area (Å²) in [4.78, 5) is 0. The van der Waals surface area contributed by atoms with Gasteiger partial charge < -0.3 is 0 Å². The van der Waals surface area contributed by atoms with Gasteiger partial charge >= 0.3 is 37.5 Å². The van der Waals surface area contributed by atoms with Crippen LogP contribution in [0.2, 0.25) is 0 Å². The van der Waals surface area contributed by atoms with E-state index in [0.29, 0.717) is 0 Å². The van der Waals surface area contributed by atoms with Crippen molar-refractivity contribution >= 4 is 45.2 Å². The molecule has 0 bridgehead atoms. The summed E-state index contributed by atoms with van der Waals surface area (Å²) in [6, 6.07) is 0. The van der Waals surface area contributed by atoms with E-state index in [9.17, 15) is 61.5 Å². The predicted molar refractivity (Wildman–Crippen MR) is 62.7 cm³/mol. The molecule has 0 rings (SSSR count). The van der Waals surface area contributed by atoms with Gasteiger partial charge in [0, 0.05) is 45.2 Å². The van der Waals surface area contributed by atoms with Crippen LogP contribution in [0.1, 0.15) is 0 Å². The van der Waals surface area contributed by atoms with Crippen molar-refractivity contribution in [3.05, 3.63) is 0 Å². The van der Waals surface area contributed by atoms with Crippen molar-refractivity contribution in [3.8, 4) is 0 Å². The largest absolute Gasteiger partial charge is 0.435 e. The minimum absolute atomic E-state index is 0.835. The molecule has 0 aromatic carbocycles. The van der Waals surface area contributed by atoms with Crippen molar-refractivity contribution in [1.82, 2.24) is 0 Å². The summed E-state index contributed by atoms with van der Waals surface area (Å²) in [5.74, 6) is -23.1. The zero-order valence-corrected chi connectivity index (χ0v) is 13.9. The summed E-state index contributed by atoms with van der Waals surface area (Å²) in [6.07, 6.45) is -7.51. The van der Waals surface area contributed by atoms with Crippen molar-refractivity contribution in [2.45, 2.75) is 37.5 Å². The topological polar surface area (TPSA) is 0 Å². The van der Waals surface area contributed by atoms with Crippen molar-refractivity contribution in [1.29, 1.82) is 0 Å². The van der Waals surface area contributed by atoms with Crippen LogP contribution in [-0.2, 0) is 0 Å². The van der Waals surface area contributed by atoms with E-state index in [1.807, 2.05) is 0 Å². The van der Waals surface area contributed by atoms with Gasteiger partial charge in [0.2, 0.25) is 0 Å². The van der Waals surface area contributed by atoms with Crippen LogP contribution in [0.3, 0.4) is 0 Å². The second kappa shape index (κ2) is 5.75. The highest BCUT2D eigenvalue weighted by Gasteiger charge is 2.94. The summed E-state index contributed by atoms with van der Waals surface area (Å²) >= 11 is -1.82. The number of hydrogen-bond acceptors (Lipinski definition) is 0. The molecule has 23 heavy (non-hydrogen) atoms. The number of hydrogen-bond donors (Lipinski definition) is 0. The molecule has 140 valence electrons. The fraction of sp³-hybridized carbons (Fsp3) is 1.00. The molecule has 1 atom stereocenters. The number of halogens is 16. The standard InChI is InChI=1S/C7F14I2/c8-1(5(15,16)17,6(18,19)22)2(9,10)3(11,12)4(13,14)7(20,21)23. The number of rotatable bonds is 5. The molecule has 0 spiro atoms. The highest BCUT2D eigenvalue weighted by Crippen LogP contribution is 2.65. The minimum Gasteiger partial charge on any atom is -0.219 e. The van der Waals surface area contributed by atoms with Gasteiger partial charge in [0.05, 0.1) is 0 Å². The van der Waals surface area contributed by atoms with Crippen molar-refractivity contribution in [2.24, 2.45) is 0 Å². The molecule has 0 aliphatic rings. The van der Waals surface area contributed by atoms with Crippen molar-refractivity contribution in [2.75, 3.05) is 0 Å². The molecule has 0 aliphatic carbocycles. The Morgan fingerprint density at radius 2 is 0.696 bits per heavy atom. The molecule has 0 heterocycles. The summed E-state index contributed by atoms with van der Waals surface area (Å²) in [5.41, 5.74) is -7.57. The Labute approximate surface area is 144 Å². The Hall–Kier alpha value is 0.480. The molecule has 1 unspecified atom stereocenters. The average molecular weight is 604 g/mol. The predicted octanol–water partition coefficient (Wildman–Crippen LogP) is 6.22. The third-order valence-electron chi connectivity index (χ3n) is 2.36. The van der Waals surface area contributed by atoms with E-state index in [4.69, 9.17) is 0 Å². The van der Waals surface area contributed by atoms with Gasteiger partial charge in [0.1, 0.15) is 0 Å². The quantitative estimate of drug-likeness (QED) is 0.199. The molecule has 16 heteroatoms. The average Bonchev–Trinajstić information content (AvgIpc) is 2.22. The first-order valence-corrected chi connectivity index (χ1v) is 6.68. The van der Waals surface area contributed by atoms with Gasteiger partial charge in [-0.2, -0.15) is 57.1 Å². The van der Waals surface area contributed by atoms with E-state index in [0.717, 1.165) is 0 Å². The summed E-state index contributed by atoms with van der Waals surface area (Å²) in [7, 11) is 0. The molecule has 0 aromatic heterocycles. The van der Waals surface area contributed by atoms with E-state index in [2.05, 4.69) is 0 Å². The van der Waals surface area contributed by atoms with Gasteiger partial charge in [-0.15, -0.1) is 0 Å². The highest BCUT2D eigenvalue weighted by atomic mass is 127. The summed E-state index contributed by atoms with van der Waals surface area (Å²) in [5, 5.41) is 0. The summed E-state index contributed by atoms with van der Waals surface area (Å²) < 4.78 is 165. The Bertz CT molecular complexity index is 426. The van der Waals surface area contributed by atoms with Gasteiger partial charge in [0.25, 0.3) is 0 Å². The Balaban J connectivity index is 6.65. The Kier molecular flexibility index (Phi) is 5.87. The lowest BCUT2D eigenvalue weighted by Crippen LogP contribution is -2.74. The molecule has 0 aromatic rings. The molecule has 0 saturated heterocycles. The molecule has 0 radical (unpaired) electrons. The molecular formula is C7F14I2. The first-order chi connectivity index (χ1) is 9.50. The lowest BCUT2D eigenvalue weighted by Gasteiger charge is -2.43. The van der Waals surface area contributed by atoms with Crippen LogP contribution in [0.15, 0.2) is 0 Å². The molecule has 0 fully saturated rings. The maximum absolute atomic E-state index is 13.3. The van der Waals surface area contributed by atoms with E-state index in [1.54, 1.807) is 0 Å². The van der Waals surface area contributed by atoms with Gasteiger partial charge in [-0.3, -0.25) is 0 Å². The van der Waals surface area contributed by atoms with E-state index in [1.165, 1.54) is 0 Å². The SMILES string of the molecule is FC(F)(F)C(F)(C(F)(F)I)C(F)(F)C(F)(F)C(F)(F)C(F)(F)I. The maximum Gasteiger partial charge on any atom is 0.435 e. The fourth-order valence-electron chi connectivity index (χ4n) is 1.11. The second-order valence-corrected chi connectivity index (χ2v) is 6.58. The molecule has 0 nitrogen and oxygen atoms in total. The van der Waals surface area contributed by atoms with Crippen LogP contribution in [0.4, 0.5) is 61.5 Å². The summed E-state index contributed by atoms with van der Waals surface area (Å²) in [6.45, 7) is 0. The van der Waals surface area contributed by atoms with Crippen LogP contribution in [-0.4, -0.2) is 37.5 Å². The maximum atomic E-state index is 13.3. The second-order valence-electron chi connectivity index (χ2n) is 3.87. The van der Waals surface area contributed by atoms with Crippen LogP contribution in [0.5, 0.6) is 0 Å². The van der Waals surface area contributed by atoms with Gasteiger partial charge in [0.15, 0.2) is 0 Å². The fourth-order valence-corrected chi connectivity index (χ4v) is 2.09. The van der Waals surface area contributed by atoms with E-state index >= 15 is 0 Å². The minimum atomic E-state index is -7.96. The zero-order valence-electron chi connectivity index (χ0n) is 9.55. The zero-order chi connectivity index (χ0) is 19.5. The third kappa shape index (κ3) is 3.18. The van der Waals surface area contributed by atoms with E-state index < -0.39 is 82.7 Å². The molecule has 0 saturated carbocycles. The Morgan fingerprint density at radius 1 is 0.391 bits per heavy atom. The normalized spacial score (nSPS) is 18.8. The lowest BCUT2D eigenvalue weighted by atomic mass is 9.88. The molecule has 0 amide bonds. The molecule has 0 N–H and O–H groups in total. The van der Waals surface area contributed by atoms with Gasteiger partial charge in [-0.05, 0) is 0 Å². The monoisotopic (exact) mass is 604 g/mol. The van der Waals surface area contributed by atoms with Crippen LogP contribution < -0.4 is 0 Å². The van der Waals surface area contributed by atoms with Crippen LogP contribution in [0.25, 0.3) is 0 Å².